The summed E-state index contributed by atoms with van der Waals surface area (Å²) < 4.78 is 0. The molecule has 0 amide bonds. The van der Waals surface area contributed by atoms with Crippen molar-refractivity contribution in [2.45, 2.75) is 12.8 Å². The minimum absolute atomic E-state index is 0.265. The van der Waals surface area contributed by atoms with E-state index in [1.54, 1.807) is 0 Å². The Morgan fingerprint density at radius 3 is 2.62 bits per heavy atom. The molecular formula is C11H18NO+. The van der Waals surface area contributed by atoms with E-state index >= 15 is 0 Å². The molecule has 0 unspecified atom stereocenters. The monoisotopic (exact) mass is 180 g/mol. The van der Waals surface area contributed by atoms with Gasteiger partial charge in [0.2, 0.25) is 0 Å². The van der Waals surface area contributed by atoms with Crippen molar-refractivity contribution in [1.29, 1.82) is 0 Å². The van der Waals surface area contributed by atoms with Gasteiger partial charge in [0.1, 0.15) is 0 Å². The van der Waals surface area contributed by atoms with E-state index in [-0.39, 0.29) is 6.61 Å². The van der Waals surface area contributed by atoms with Gasteiger partial charge in [-0.25, -0.2) is 0 Å². The van der Waals surface area contributed by atoms with Crippen LogP contribution < -0.4 is 5.32 Å². The van der Waals surface area contributed by atoms with Gasteiger partial charge in [-0.05, 0) is 5.56 Å². The highest BCUT2D eigenvalue weighted by Crippen LogP contribution is 2.11. The summed E-state index contributed by atoms with van der Waals surface area (Å²) in [6.45, 7) is 4.33. The zero-order valence-electron chi connectivity index (χ0n) is 8.11. The highest BCUT2D eigenvalue weighted by Gasteiger charge is 2.05. The summed E-state index contributed by atoms with van der Waals surface area (Å²) >= 11 is 0. The van der Waals surface area contributed by atoms with Gasteiger partial charge < -0.3 is 10.4 Å². The molecular weight excluding hydrogens is 162 g/mol. The quantitative estimate of drug-likeness (QED) is 0.630. The van der Waals surface area contributed by atoms with Gasteiger partial charge in [0.25, 0.3) is 0 Å². The molecule has 1 atom stereocenters. The lowest BCUT2D eigenvalue weighted by atomic mass is 10.0. The van der Waals surface area contributed by atoms with E-state index in [9.17, 15) is 0 Å². The molecule has 0 radical (unpaired) electrons. The minimum Gasteiger partial charge on any atom is -0.391 e. The lowest BCUT2D eigenvalue weighted by Gasteiger charge is -2.09. The number of quaternary nitrogens is 1. The highest BCUT2D eigenvalue weighted by atomic mass is 16.3. The van der Waals surface area contributed by atoms with E-state index < -0.39 is 0 Å². The lowest BCUT2D eigenvalue weighted by molar-refractivity contribution is -0.657. The Bertz CT molecular complexity index is 223. The maximum atomic E-state index is 8.62. The molecule has 0 aromatic heterocycles. The molecule has 2 nitrogen and oxygen atoms in total. The van der Waals surface area contributed by atoms with Crippen molar-refractivity contribution in [1.82, 2.24) is 0 Å². The molecule has 0 aliphatic heterocycles. The molecule has 13 heavy (non-hydrogen) atoms. The van der Waals surface area contributed by atoms with Crippen LogP contribution in [-0.4, -0.2) is 24.8 Å². The van der Waals surface area contributed by atoms with Crippen LogP contribution in [0.4, 0.5) is 0 Å². The second-order valence-electron chi connectivity index (χ2n) is 3.35. The Balaban J connectivity index is 2.35. The van der Waals surface area contributed by atoms with Crippen LogP contribution in [0.25, 0.3) is 0 Å². The van der Waals surface area contributed by atoms with E-state index in [0.717, 1.165) is 13.1 Å². The fourth-order valence-electron chi connectivity index (χ4n) is 1.38. The van der Waals surface area contributed by atoms with Crippen molar-refractivity contribution >= 4 is 0 Å². The molecule has 1 aromatic rings. The van der Waals surface area contributed by atoms with Crippen LogP contribution in [0.3, 0.4) is 0 Å². The van der Waals surface area contributed by atoms with Crippen molar-refractivity contribution in [2.75, 3.05) is 19.7 Å². The number of hydrogen-bond acceptors (Lipinski definition) is 1. The number of aliphatic hydroxyl groups is 1. The van der Waals surface area contributed by atoms with Gasteiger partial charge in [-0.1, -0.05) is 37.3 Å². The van der Waals surface area contributed by atoms with Crippen molar-refractivity contribution in [3.8, 4) is 0 Å². The zero-order valence-corrected chi connectivity index (χ0v) is 8.11. The fourth-order valence-corrected chi connectivity index (χ4v) is 1.38. The van der Waals surface area contributed by atoms with E-state index in [1.807, 2.05) is 6.07 Å². The third kappa shape index (κ3) is 3.57. The first-order valence-electron chi connectivity index (χ1n) is 4.82. The highest BCUT2D eigenvalue weighted by molar-refractivity contribution is 5.18. The molecule has 0 bridgehead atoms. The van der Waals surface area contributed by atoms with Crippen molar-refractivity contribution in [3.05, 3.63) is 35.9 Å². The average Bonchev–Trinajstić information content (AvgIpc) is 2.19. The van der Waals surface area contributed by atoms with Crippen LogP contribution in [0.5, 0.6) is 0 Å². The topological polar surface area (TPSA) is 36.8 Å². The number of nitrogens with two attached hydrogens (primary N) is 1. The zero-order chi connectivity index (χ0) is 9.52. The molecule has 0 saturated carbocycles. The Kier molecular flexibility index (Phi) is 4.50. The van der Waals surface area contributed by atoms with Gasteiger partial charge >= 0.3 is 0 Å². The second-order valence-corrected chi connectivity index (χ2v) is 3.35. The molecule has 1 aromatic carbocycles. The Morgan fingerprint density at radius 1 is 1.31 bits per heavy atom. The van der Waals surface area contributed by atoms with Crippen LogP contribution in [0.2, 0.25) is 0 Å². The maximum Gasteiger partial charge on any atom is 0.0990 e. The van der Waals surface area contributed by atoms with Gasteiger partial charge in [0.15, 0.2) is 0 Å². The number of benzene rings is 1. The third-order valence-electron chi connectivity index (χ3n) is 2.22. The van der Waals surface area contributed by atoms with Crippen LogP contribution in [-0.2, 0) is 0 Å². The smallest absolute Gasteiger partial charge is 0.0990 e. The largest absolute Gasteiger partial charge is 0.391 e. The third-order valence-corrected chi connectivity index (χ3v) is 2.22. The van der Waals surface area contributed by atoms with Gasteiger partial charge in [-0.2, -0.15) is 0 Å². The second kappa shape index (κ2) is 5.73. The molecule has 0 aliphatic rings. The average molecular weight is 180 g/mol. The van der Waals surface area contributed by atoms with E-state index in [1.165, 1.54) is 5.56 Å². The Morgan fingerprint density at radius 2 is 2.00 bits per heavy atom. The number of hydrogen-bond donors (Lipinski definition) is 2. The summed E-state index contributed by atoms with van der Waals surface area (Å²) in [5.74, 6) is 0.563. The van der Waals surface area contributed by atoms with Gasteiger partial charge in [-0.3, -0.25) is 0 Å². The molecule has 72 valence electrons. The normalized spacial score (nSPS) is 12.8. The predicted octanol–water partition coefficient (Wildman–Crippen LogP) is 0.346. The molecule has 0 heterocycles. The van der Waals surface area contributed by atoms with Gasteiger partial charge in [-0.15, -0.1) is 0 Å². The van der Waals surface area contributed by atoms with Crippen LogP contribution in [0.15, 0.2) is 30.3 Å². The van der Waals surface area contributed by atoms with E-state index in [2.05, 4.69) is 36.5 Å². The fraction of sp³-hybridized carbons (Fsp3) is 0.455. The van der Waals surface area contributed by atoms with Crippen LogP contribution >= 0.6 is 0 Å². The summed E-state index contributed by atoms with van der Waals surface area (Å²) in [6.07, 6.45) is 0. The van der Waals surface area contributed by atoms with Gasteiger partial charge in [0, 0.05) is 5.92 Å². The molecule has 0 aliphatic carbocycles. The summed E-state index contributed by atoms with van der Waals surface area (Å²) in [7, 11) is 0. The van der Waals surface area contributed by atoms with Crippen molar-refractivity contribution in [2.24, 2.45) is 0 Å². The molecule has 3 N–H and O–H groups in total. The summed E-state index contributed by atoms with van der Waals surface area (Å²) in [5, 5.41) is 10.8. The number of rotatable bonds is 5. The van der Waals surface area contributed by atoms with E-state index in [0.29, 0.717) is 5.92 Å². The molecule has 0 saturated heterocycles. The molecule has 0 spiro atoms. The van der Waals surface area contributed by atoms with Gasteiger partial charge in [0.05, 0.1) is 19.7 Å². The SMILES string of the molecule is C[C@@H](C[NH2+]CCO)c1ccccc1. The predicted molar refractivity (Wildman–Crippen MR) is 53.6 cm³/mol. The maximum absolute atomic E-state index is 8.62. The lowest BCUT2D eigenvalue weighted by Crippen LogP contribution is -2.86. The van der Waals surface area contributed by atoms with E-state index in [4.69, 9.17) is 5.11 Å². The standard InChI is InChI=1S/C11H17NO/c1-10(9-12-7-8-13)11-5-3-2-4-6-11/h2-6,10,12-13H,7-9H2,1H3/p+1/t10-/m0/s1. The van der Waals surface area contributed by atoms with Crippen LogP contribution in [0.1, 0.15) is 18.4 Å². The molecule has 2 heteroatoms. The first kappa shape index (κ1) is 10.2. The molecule has 0 fully saturated rings. The minimum atomic E-state index is 0.265. The number of aliphatic hydroxyl groups excluding tert-OH is 1. The van der Waals surface area contributed by atoms with Crippen molar-refractivity contribution in [3.63, 3.8) is 0 Å². The Hall–Kier alpha value is -0.860. The first-order valence-corrected chi connectivity index (χ1v) is 4.82. The Labute approximate surface area is 79.6 Å². The summed E-state index contributed by atoms with van der Waals surface area (Å²) in [5.41, 5.74) is 1.37. The van der Waals surface area contributed by atoms with Crippen LogP contribution in [0, 0.1) is 0 Å². The first-order chi connectivity index (χ1) is 6.34. The summed E-state index contributed by atoms with van der Waals surface area (Å²) in [6, 6.07) is 10.5. The van der Waals surface area contributed by atoms with Crippen molar-refractivity contribution < 1.29 is 10.4 Å². The summed E-state index contributed by atoms with van der Waals surface area (Å²) in [4.78, 5) is 0. The molecule has 1 rings (SSSR count).